The molecule has 1 aliphatic rings. The van der Waals surface area contributed by atoms with Crippen LogP contribution >= 0.6 is 0 Å². The van der Waals surface area contributed by atoms with Crippen LogP contribution in [0.1, 0.15) is 49.7 Å². The van der Waals surface area contributed by atoms with Gasteiger partial charge in [0.25, 0.3) is 0 Å². The zero-order valence-corrected chi connectivity index (χ0v) is 19.9. The number of aliphatic hydroxyl groups is 1. The Morgan fingerprint density at radius 1 is 1.15 bits per heavy atom. The average molecular weight is 465 g/mol. The fourth-order valence-electron chi connectivity index (χ4n) is 4.34. The molecule has 0 aromatic heterocycles. The van der Waals surface area contributed by atoms with Gasteiger partial charge < -0.3 is 26.0 Å². The minimum Gasteiger partial charge on any atom is -0.396 e. The summed E-state index contributed by atoms with van der Waals surface area (Å²) in [7, 11) is 0. The second-order valence-corrected chi connectivity index (χ2v) is 8.83. The van der Waals surface area contributed by atoms with Crippen LogP contribution in [0.5, 0.6) is 0 Å². The molecule has 1 fully saturated rings. The van der Waals surface area contributed by atoms with Crippen molar-refractivity contribution in [2.45, 2.75) is 38.5 Å². The molecule has 2 aromatic carbocycles. The Kier molecular flexibility index (Phi) is 9.04. The second-order valence-electron chi connectivity index (χ2n) is 8.83. The van der Waals surface area contributed by atoms with Crippen molar-refractivity contribution in [2.24, 2.45) is 5.73 Å². The number of carbonyl (C=O) groups excluding carboxylic acids is 1. The number of hydrogen-bond donors (Lipinski definition) is 5. The number of nitrogens with two attached hydrogens (primary N) is 1. The summed E-state index contributed by atoms with van der Waals surface area (Å²) in [4.78, 5) is 16.9. The van der Waals surface area contributed by atoms with Crippen molar-refractivity contribution in [1.29, 1.82) is 10.8 Å². The number of rotatable bonds is 10. The molecule has 34 heavy (non-hydrogen) atoms. The number of anilines is 2. The number of benzene rings is 2. The highest BCUT2D eigenvalue weighted by Gasteiger charge is 2.21. The standard InChI is InChI=1S/C26H36N6O2/c1-19(27)31-14-11-21(12-15-31)20-7-9-23(10-8-20)30-25(34)18-32(13-2-3-16-33)24-6-4-5-22(17-24)26(28)29/h4-10,17,21,27,33H,2-3,11-16,18H2,1H3,(H3,28,29)(H,30,34). The Morgan fingerprint density at radius 2 is 1.85 bits per heavy atom. The van der Waals surface area contributed by atoms with Gasteiger partial charge >= 0.3 is 0 Å². The molecule has 8 nitrogen and oxygen atoms in total. The van der Waals surface area contributed by atoms with Gasteiger partial charge in [0.05, 0.1) is 12.4 Å². The molecule has 1 saturated heterocycles. The molecule has 0 bridgehead atoms. The smallest absolute Gasteiger partial charge is 0.243 e. The predicted octanol–water partition coefficient (Wildman–Crippen LogP) is 3.36. The minimum atomic E-state index is -0.125. The van der Waals surface area contributed by atoms with Crippen molar-refractivity contribution in [3.63, 3.8) is 0 Å². The Morgan fingerprint density at radius 3 is 2.47 bits per heavy atom. The van der Waals surface area contributed by atoms with Gasteiger partial charge in [0.15, 0.2) is 0 Å². The highest BCUT2D eigenvalue weighted by Crippen LogP contribution is 2.29. The van der Waals surface area contributed by atoms with Crippen LogP contribution in [-0.2, 0) is 4.79 Å². The second kappa shape index (κ2) is 12.2. The van der Waals surface area contributed by atoms with Crippen LogP contribution < -0.4 is 16.0 Å². The maximum atomic E-state index is 12.8. The van der Waals surface area contributed by atoms with Gasteiger partial charge in [0, 0.05) is 43.2 Å². The van der Waals surface area contributed by atoms with Crippen molar-refractivity contribution in [3.8, 4) is 0 Å². The van der Waals surface area contributed by atoms with Gasteiger partial charge in [-0.1, -0.05) is 24.3 Å². The van der Waals surface area contributed by atoms with E-state index in [0.717, 1.165) is 43.7 Å². The van der Waals surface area contributed by atoms with Gasteiger partial charge in [-0.25, -0.2) is 0 Å². The average Bonchev–Trinajstić information content (AvgIpc) is 2.84. The molecular formula is C26H36N6O2. The lowest BCUT2D eigenvalue weighted by atomic mass is 9.89. The van der Waals surface area contributed by atoms with E-state index in [4.69, 9.17) is 21.7 Å². The van der Waals surface area contributed by atoms with Gasteiger partial charge in [-0.3, -0.25) is 15.6 Å². The fourth-order valence-corrected chi connectivity index (χ4v) is 4.34. The SMILES string of the molecule is CC(=N)N1CCC(c2ccc(NC(=O)CN(CCCCO)c3cccc(C(=N)N)c3)cc2)CC1. The van der Waals surface area contributed by atoms with E-state index < -0.39 is 0 Å². The van der Waals surface area contributed by atoms with Gasteiger partial charge in [0.2, 0.25) is 5.91 Å². The number of amides is 1. The third-order valence-electron chi connectivity index (χ3n) is 6.33. The highest BCUT2D eigenvalue weighted by atomic mass is 16.3. The molecule has 2 aromatic rings. The summed E-state index contributed by atoms with van der Waals surface area (Å²) in [6.45, 7) is 4.55. The van der Waals surface area contributed by atoms with E-state index in [1.165, 1.54) is 5.56 Å². The number of likely N-dealkylation sites (tertiary alicyclic amines) is 1. The quantitative estimate of drug-likeness (QED) is 0.209. The summed E-state index contributed by atoms with van der Waals surface area (Å²) in [5, 5.41) is 27.6. The van der Waals surface area contributed by atoms with Crippen LogP contribution in [0.2, 0.25) is 0 Å². The molecule has 8 heteroatoms. The summed E-state index contributed by atoms with van der Waals surface area (Å²) in [5.41, 5.74) is 9.10. The van der Waals surface area contributed by atoms with E-state index in [-0.39, 0.29) is 24.9 Å². The van der Waals surface area contributed by atoms with Gasteiger partial charge in [0.1, 0.15) is 5.84 Å². The molecule has 3 rings (SSSR count). The van der Waals surface area contributed by atoms with Gasteiger partial charge in [-0.15, -0.1) is 0 Å². The lowest BCUT2D eigenvalue weighted by Gasteiger charge is -2.33. The van der Waals surface area contributed by atoms with E-state index in [2.05, 4.69) is 22.3 Å². The number of nitrogens with zero attached hydrogens (tertiary/aromatic N) is 2. The van der Waals surface area contributed by atoms with Crippen molar-refractivity contribution in [1.82, 2.24) is 4.90 Å². The highest BCUT2D eigenvalue weighted by molar-refractivity contribution is 5.97. The third kappa shape index (κ3) is 7.05. The first-order valence-corrected chi connectivity index (χ1v) is 11.9. The van der Waals surface area contributed by atoms with Crippen molar-refractivity contribution < 1.29 is 9.90 Å². The lowest BCUT2D eigenvalue weighted by molar-refractivity contribution is -0.115. The van der Waals surface area contributed by atoms with Crippen molar-refractivity contribution >= 4 is 29.0 Å². The van der Waals surface area contributed by atoms with E-state index in [1.807, 2.05) is 42.2 Å². The molecule has 0 spiro atoms. The summed E-state index contributed by atoms with van der Waals surface area (Å²) in [5.74, 6) is 0.978. The summed E-state index contributed by atoms with van der Waals surface area (Å²) in [6.07, 6.45) is 3.47. The van der Waals surface area contributed by atoms with Crippen LogP contribution in [0.15, 0.2) is 48.5 Å². The number of nitrogen functional groups attached to an aromatic ring is 1. The molecule has 0 radical (unpaired) electrons. The third-order valence-corrected chi connectivity index (χ3v) is 6.33. The maximum absolute atomic E-state index is 12.8. The molecular weight excluding hydrogens is 428 g/mol. The summed E-state index contributed by atoms with van der Waals surface area (Å²) >= 11 is 0. The molecule has 6 N–H and O–H groups in total. The maximum Gasteiger partial charge on any atom is 0.243 e. The zero-order chi connectivity index (χ0) is 24.5. The number of amidine groups is 2. The number of aliphatic hydroxyl groups excluding tert-OH is 1. The summed E-state index contributed by atoms with van der Waals surface area (Å²) < 4.78 is 0. The monoisotopic (exact) mass is 464 g/mol. The Hall–Kier alpha value is -3.39. The van der Waals surface area contributed by atoms with Crippen molar-refractivity contribution in [2.75, 3.05) is 43.0 Å². The van der Waals surface area contributed by atoms with Gasteiger partial charge in [-0.2, -0.15) is 0 Å². The topological polar surface area (TPSA) is 130 Å². The number of piperidine rings is 1. The molecule has 0 atom stereocenters. The van der Waals surface area contributed by atoms with E-state index >= 15 is 0 Å². The number of unbranched alkanes of at least 4 members (excludes halogenated alkanes) is 1. The van der Waals surface area contributed by atoms with Gasteiger partial charge in [-0.05, 0) is 68.4 Å². The molecule has 0 saturated carbocycles. The minimum absolute atomic E-state index is 0.0136. The van der Waals surface area contributed by atoms with Crippen LogP contribution in [0.25, 0.3) is 0 Å². The summed E-state index contributed by atoms with van der Waals surface area (Å²) in [6, 6.07) is 15.4. The lowest BCUT2D eigenvalue weighted by Crippen LogP contribution is -2.36. The molecule has 1 amide bonds. The molecule has 182 valence electrons. The normalized spacial score (nSPS) is 14.0. The first kappa shape index (κ1) is 25.2. The predicted molar refractivity (Wildman–Crippen MR) is 138 cm³/mol. The Labute approximate surface area is 201 Å². The largest absolute Gasteiger partial charge is 0.396 e. The van der Waals surface area contributed by atoms with E-state index in [0.29, 0.717) is 30.3 Å². The Balaban J connectivity index is 1.61. The first-order valence-electron chi connectivity index (χ1n) is 11.9. The van der Waals surface area contributed by atoms with Crippen LogP contribution in [0.3, 0.4) is 0 Å². The Bertz CT molecular complexity index is 983. The number of hydrogen-bond acceptors (Lipinski definition) is 5. The van der Waals surface area contributed by atoms with E-state index in [1.54, 1.807) is 6.07 Å². The molecule has 0 aliphatic carbocycles. The van der Waals surface area contributed by atoms with Crippen LogP contribution in [0.4, 0.5) is 11.4 Å². The number of nitrogens with one attached hydrogen (secondary N) is 3. The van der Waals surface area contributed by atoms with Crippen LogP contribution in [0, 0.1) is 10.8 Å². The van der Waals surface area contributed by atoms with Crippen molar-refractivity contribution in [3.05, 3.63) is 59.7 Å². The zero-order valence-electron chi connectivity index (χ0n) is 19.9. The first-order chi connectivity index (χ1) is 16.4. The molecule has 0 unspecified atom stereocenters. The molecule has 1 heterocycles. The van der Waals surface area contributed by atoms with Crippen LogP contribution in [-0.4, -0.2) is 60.4 Å². The number of carbonyl (C=O) groups is 1. The fraction of sp³-hybridized carbons (Fsp3) is 0.423. The van der Waals surface area contributed by atoms with E-state index in [9.17, 15) is 4.79 Å². The molecule has 1 aliphatic heterocycles.